The molecule has 1 saturated heterocycles. The highest BCUT2D eigenvalue weighted by Gasteiger charge is 2.59. The topological polar surface area (TPSA) is 65.9 Å². The number of guanidine groups is 1. The van der Waals surface area contributed by atoms with Crippen LogP contribution < -0.4 is 10.6 Å². The molecule has 0 aromatic carbocycles. The summed E-state index contributed by atoms with van der Waals surface area (Å²) in [5, 5.41) is 17.4. The first-order valence-electron chi connectivity index (χ1n) is 9.08. The van der Waals surface area contributed by atoms with Gasteiger partial charge in [0.2, 0.25) is 0 Å². The smallest absolute Gasteiger partial charge is 0.191 e. The highest BCUT2D eigenvalue weighted by molar-refractivity contribution is 7.99. The summed E-state index contributed by atoms with van der Waals surface area (Å²) in [4.78, 5) is 4.67. The maximum absolute atomic E-state index is 10.5. The summed E-state index contributed by atoms with van der Waals surface area (Å²) in [5.41, 5.74) is -0.291. The van der Waals surface area contributed by atoms with Crippen molar-refractivity contribution in [2.45, 2.75) is 63.7 Å². The highest BCUT2D eigenvalue weighted by atomic mass is 32.2. The molecule has 23 heavy (non-hydrogen) atoms. The standard InChI is InChI=1S/C17H31N3O2S/c1-3-18-15(19-11-16(21)8-9-23-12-16)20-13-10-14(22-4-2)17(13)6-5-7-17/h13-14,21H,3-12H2,1-2H3,(H2,18,19,20). The van der Waals surface area contributed by atoms with Crippen LogP contribution in [0.2, 0.25) is 0 Å². The monoisotopic (exact) mass is 341 g/mol. The number of hydrogen-bond acceptors (Lipinski definition) is 4. The zero-order valence-corrected chi connectivity index (χ0v) is 15.3. The number of thioether (sulfide) groups is 1. The SMILES string of the molecule is CCNC(=NCC1(O)CCSC1)NC1CC(OCC)C12CCC2. The van der Waals surface area contributed by atoms with E-state index < -0.39 is 5.60 Å². The zero-order valence-electron chi connectivity index (χ0n) is 14.4. The van der Waals surface area contributed by atoms with Crippen molar-refractivity contribution in [3.8, 4) is 0 Å². The Morgan fingerprint density at radius 2 is 2.17 bits per heavy atom. The van der Waals surface area contributed by atoms with Crippen molar-refractivity contribution in [2.24, 2.45) is 10.4 Å². The molecule has 3 unspecified atom stereocenters. The van der Waals surface area contributed by atoms with Gasteiger partial charge in [-0.1, -0.05) is 6.42 Å². The molecule has 0 amide bonds. The Balaban J connectivity index is 1.59. The third kappa shape index (κ3) is 3.49. The van der Waals surface area contributed by atoms with Gasteiger partial charge >= 0.3 is 0 Å². The van der Waals surface area contributed by atoms with Crippen molar-refractivity contribution < 1.29 is 9.84 Å². The van der Waals surface area contributed by atoms with Crippen LogP contribution in [0.4, 0.5) is 0 Å². The van der Waals surface area contributed by atoms with Gasteiger partial charge in [0.15, 0.2) is 5.96 Å². The van der Waals surface area contributed by atoms with Crippen molar-refractivity contribution in [3.63, 3.8) is 0 Å². The van der Waals surface area contributed by atoms with Crippen LogP contribution in [-0.2, 0) is 4.74 Å². The number of aliphatic hydroxyl groups is 1. The third-order valence-corrected chi connectivity index (χ3v) is 6.94. The number of rotatable bonds is 6. The largest absolute Gasteiger partial charge is 0.387 e. The maximum Gasteiger partial charge on any atom is 0.191 e. The molecule has 0 bridgehead atoms. The predicted octanol–water partition coefficient (Wildman–Crippen LogP) is 1.76. The number of ether oxygens (including phenoxy) is 1. The fourth-order valence-electron chi connectivity index (χ4n) is 4.07. The van der Waals surface area contributed by atoms with Crippen molar-refractivity contribution in [3.05, 3.63) is 0 Å². The third-order valence-electron chi connectivity index (χ3n) is 5.71. The van der Waals surface area contributed by atoms with Crippen LogP contribution in [0.15, 0.2) is 4.99 Å². The molecule has 3 N–H and O–H groups in total. The van der Waals surface area contributed by atoms with Gasteiger partial charge in [-0.3, -0.25) is 4.99 Å². The van der Waals surface area contributed by atoms with E-state index in [1.165, 1.54) is 19.3 Å². The number of nitrogens with zero attached hydrogens (tertiary/aromatic N) is 1. The van der Waals surface area contributed by atoms with E-state index in [1.807, 2.05) is 11.8 Å². The minimum atomic E-state index is -0.616. The Labute approximate surface area is 144 Å². The van der Waals surface area contributed by atoms with E-state index in [0.717, 1.165) is 43.5 Å². The number of aliphatic imine (C=N–C) groups is 1. The average molecular weight is 342 g/mol. The lowest BCUT2D eigenvalue weighted by atomic mass is 9.51. The molecule has 5 nitrogen and oxygen atoms in total. The average Bonchev–Trinajstić information content (AvgIpc) is 2.89. The first-order chi connectivity index (χ1) is 11.1. The highest BCUT2D eigenvalue weighted by Crippen LogP contribution is 2.57. The van der Waals surface area contributed by atoms with Crippen molar-refractivity contribution in [1.82, 2.24) is 10.6 Å². The molecule has 0 aromatic rings. The van der Waals surface area contributed by atoms with E-state index in [2.05, 4.69) is 29.5 Å². The lowest BCUT2D eigenvalue weighted by Gasteiger charge is -2.61. The first kappa shape index (κ1) is 17.4. The van der Waals surface area contributed by atoms with Gasteiger partial charge in [0.1, 0.15) is 0 Å². The second kappa shape index (κ2) is 7.19. The van der Waals surface area contributed by atoms with Crippen LogP contribution >= 0.6 is 11.8 Å². The first-order valence-corrected chi connectivity index (χ1v) is 10.2. The zero-order chi connectivity index (χ0) is 16.3. The summed E-state index contributed by atoms with van der Waals surface area (Å²) in [7, 11) is 0. The molecule has 3 rings (SSSR count). The molecule has 6 heteroatoms. The molecule has 2 aliphatic carbocycles. The Kier molecular flexibility index (Phi) is 5.43. The van der Waals surface area contributed by atoms with E-state index in [-0.39, 0.29) is 0 Å². The van der Waals surface area contributed by atoms with E-state index in [0.29, 0.717) is 24.1 Å². The summed E-state index contributed by atoms with van der Waals surface area (Å²) in [6.07, 6.45) is 6.16. The summed E-state index contributed by atoms with van der Waals surface area (Å²) >= 11 is 1.82. The molecule has 0 radical (unpaired) electrons. The molecule has 1 aliphatic heterocycles. The van der Waals surface area contributed by atoms with Crippen LogP contribution in [0.5, 0.6) is 0 Å². The van der Waals surface area contributed by atoms with Crippen LogP contribution in [0.25, 0.3) is 0 Å². The van der Waals surface area contributed by atoms with Crippen LogP contribution in [0.1, 0.15) is 46.0 Å². The maximum atomic E-state index is 10.5. The normalized spacial score (nSPS) is 35.7. The van der Waals surface area contributed by atoms with E-state index in [1.54, 1.807) is 0 Å². The summed E-state index contributed by atoms with van der Waals surface area (Å²) in [6.45, 7) is 6.30. The molecule has 2 saturated carbocycles. The van der Waals surface area contributed by atoms with Gasteiger partial charge in [0.05, 0.1) is 18.2 Å². The number of nitrogens with one attached hydrogen (secondary N) is 2. The summed E-state index contributed by atoms with van der Waals surface area (Å²) in [6, 6.07) is 0.457. The van der Waals surface area contributed by atoms with Crippen molar-refractivity contribution in [1.29, 1.82) is 0 Å². The minimum absolute atomic E-state index is 0.326. The second-order valence-corrected chi connectivity index (χ2v) is 8.29. The molecule has 3 fully saturated rings. The van der Waals surface area contributed by atoms with Crippen molar-refractivity contribution >= 4 is 17.7 Å². The van der Waals surface area contributed by atoms with Crippen LogP contribution in [-0.4, -0.2) is 60.0 Å². The van der Waals surface area contributed by atoms with Crippen LogP contribution in [0, 0.1) is 5.41 Å². The molecule has 3 atom stereocenters. The van der Waals surface area contributed by atoms with E-state index in [4.69, 9.17) is 4.74 Å². The molecule has 132 valence electrons. The van der Waals surface area contributed by atoms with Gasteiger partial charge in [-0.05, 0) is 45.3 Å². The second-order valence-electron chi connectivity index (χ2n) is 7.19. The quantitative estimate of drug-likeness (QED) is 0.507. The lowest BCUT2D eigenvalue weighted by Crippen LogP contribution is -2.68. The van der Waals surface area contributed by atoms with Crippen LogP contribution in [0.3, 0.4) is 0 Å². The van der Waals surface area contributed by atoms with Gasteiger partial charge in [0, 0.05) is 30.4 Å². The van der Waals surface area contributed by atoms with E-state index >= 15 is 0 Å². The molecular weight excluding hydrogens is 310 g/mol. The Hall–Kier alpha value is -0.460. The van der Waals surface area contributed by atoms with E-state index in [9.17, 15) is 5.11 Å². The van der Waals surface area contributed by atoms with Gasteiger partial charge in [-0.2, -0.15) is 11.8 Å². The van der Waals surface area contributed by atoms with Gasteiger partial charge in [-0.25, -0.2) is 0 Å². The molecule has 1 spiro atoms. The molecule has 3 aliphatic rings. The Bertz CT molecular complexity index is 434. The Morgan fingerprint density at radius 1 is 1.35 bits per heavy atom. The van der Waals surface area contributed by atoms with Crippen molar-refractivity contribution in [2.75, 3.05) is 31.2 Å². The summed E-state index contributed by atoms with van der Waals surface area (Å²) < 4.78 is 5.92. The van der Waals surface area contributed by atoms with Gasteiger partial charge < -0.3 is 20.5 Å². The van der Waals surface area contributed by atoms with Gasteiger partial charge in [-0.15, -0.1) is 0 Å². The summed E-state index contributed by atoms with van der Waals surface area (Å²) in [5.74, 6) is 2.69. The molecular formula is C17H31N3O2S. The molecule has 1 heterocycles. The number of hydrogen-bond donors (Lipinski definition) is 3. The molecule has 0 aromatic heterocycles. The lowest BCUT2D eigenvalue weighted by molar-refractivity contribution is -0.168. The predicted molar refractivity (Wildman–Crippen MR) is 96.1 cm³/mol. The minimum Gasteiger partial charge on any atom is -0.387 e. The Morgan fingerprint density at radius 3 is 2.74 bits per heavy atom. The fourth-order valence-corrected chi connectivity index (χ4v) is 5.36. The van der Waals surface area contributed by atoms with Gasteiger partial charge in [0.25, 0.3) is 0 Å². The fraction of sp³-hybridized carbons (Fsp3) is 0.941.